The molecule has 0 saturated carbocycles. The maximum atomic E-state index is 11.7. The summed E-state index contributed by atoms with van der Waals surface area (Å²) >= 11 is 3.47. The Morgan fingerprint density at radius 1 is 1.16 bits per heavy atom. The van der Waals surface area contributed by atoms with Crippen LogP contribution in [0.25, 0.3) is 0 Å². The van der Waals surface area contributed by atoms with E-state index in [-0.39, 0.29) is 22.8 Å². The Balaban J connectivity index is 1.70. The number of hydrogen-bond donors (Lipinski definition) is 0. The van der Waals surface area contributed by atoms with Gasteiger partial charge in [0.25, 0.3) is 0 Å². The van der Waals surface area contributed by atoms with E-state index in [1.807, 2.05) is 12.1 Å². The van der Waals surface area contributed by atoms with E-state index in [2.05, 4.69) is 38.2 Å². The molecule has 1 atom stereocenters. The van der Waals surface area contributed by atoms with Gasteiger partial charge in [0.2, 0.25) is 5.89 Å². The van der Waals surface area contributed by atoms with E-state index < -0.39 is 9.84 Å². The predicted octanol–water partition coefficient (Wildman–Crippen LogP) is 2.83. The van der Waals surface area contributed by atoms with Crippen molar-refractivity contribution in [2.75, 3.05) is 24.7 Å². The van der Waals surface area contributed by atoms with Gasteiger partial charge in [-0.25, -0.2) is 8.42 Å². The Kier molecular flexibility index (Phi) is 4.45. The third-order valence-electron chi connectivity index (χ3n) is 5.19. The van der Waals surface area contributed by atoms with Gasteiger partial charge in [0.05, 0.1) is 16.9 Å². The van der Waals surface area contributed by atoms with Gasteiger partial charge in [0.1, 0.15) is 0 Å². The van der Waals surface area contributed by atoms with E-state index in [9.17, 15) is 8.42 Å². The first-order valence-electron chi connectivity index (χ1n) is 8.37. The molecule has 1 aromatic carbocycles. The summed E-state index contributed by atoms with van der Waals surface area (Å²) in [5, 5.41) is 4.13. The van der Waals surface area contributed by atoms with E-state index in [4.69, 9.17) is 9.26 Å². The van der Waals surface area contributed by atoms with Crippen LogP contribution in [0.5, 0.6) is 0 Å². The maximum absolute atomic E-state index is 11.7. The van der Waals surface area contributed by atoms with Crippen LogP contribution < -0.4 is 0 Å². The zero-order valence-electron chi connectivity index (χ0n) is 13.7. The van der Waals surface area contributed by atoms with Crippen LogP contribution >= 0.6 is 15.9 Å². The second-order valence-electron chi connectivity index (χ2n) is 6.76. The van der Waals surface area contributed by atoms with E-state index in [0.717, 1.165) is 22.9 Å². The Labute approximate surface area is 155 Å². The molecule has 0 spiro atoms. The van der Waals surface area contributed by atoms with Crippen LogP contribution in [-0.2, 0) is 20.0 Å². The highest BCUT2D eigenvalue weighted by molar-refractivity contribution is 9.10. The Morgan fingerprint density at radius 3 is 2.52 bits per heavy atom. The largest absolute Gasteiger partial charge is 0.381 e. The van der Waals surface area contributed by atoms with Crippen molar-refractivity contribution in [3.05, 3.63) is 46.0 Å². The molecule has 0 radical (unpaired) electrons. The number of hydrogen-bond acceptors (Lipinski definition) is 6. The monoisotopic (exact) mass is 426 g/mol. The molecule has 2 aromatic rings. The fraction of sp³-hybridized carbons (Fsp3) is 0.529. The molecule has 2 aliphatic rings. The SMILES string of the molecule is O=S1(=O)CC[C@H](c2noc(C3(c4ccc(Br)cc4)CCOCC3)n2)C1. The van der Waals surface area contributed by atoms with Crippen LogP contribution in [0.4, 0.5) is 0 Å². The van der Waals surface area contributed by atoms with Gasteiger partial charge in [-0.15, -0.1) is 0 Å². The molecule has 25 heavy (non-hydrogen) atoms. The zero-order valence-corrected chi connectivity index (χ0v) is 16.1. The second-order valence-corrected chi connectivity index (χ2v) is 9.90. The number of benzene rings is 1. The van der Waals surface area contributed by atoms with Crippen LogP contribution in [0.3, 0.4) is 0 Å². The first kappa shape index (κ1) is 17.2. The molecule has 0 aliphatic carbocycles. The number of sulfone groups is 1. The number of rotatable bonds is 3. The van der Waals surface area contributed by atoms with Crippen molar-refractivity contribution in [2.45, 2.75) is 30.6 Å². The van der Waals surface area contributed by atoms with Gasteiger partial charge in [-0.1, -0.05) is 33.2 Å². The van der Waals surface area contributed by atoms with E-state index in [1.54, 1.807) is 0 Å². The van der Waals surface area contributed by atoms with Crippen LogP contribution in [0.15, 0.2) is 33.3 Å². The molecule has 2 fully saturated rings. The third-order valence-corrected chi connectivity index (χ3v) is 7.49. The highest BCUT2D eigenvalue weighted by Gasteiger charge is 2.42. The Bertz CT molecular complexity index is 857. The minimum Gasteiger partial charge on any atom is -0.381 e. The lowest BCUT2D eigenvalue weighted by molar-refractivity contribution is 0.0523. The molecule has 6 nitrogen and oxygen atoms in total. The molecule has 1 aromatic heterocycles. The average Bonchev–Trinajstić information content (AvgIpc) is 3.23. The van der Waals surface area contributed by atoms with Gasteiger partial charge in [-0.3, -0.25) is 0 Å². The maximum Gasteiger partial charge on any atom is 0.237 e. The van der Waals surface area contributed by atoms with Crippen molar-refractivity contribution in [1.29, 1.82) is 0 Å². The molecule has 8 heteroatoms. The van der Waals surface area contributed by atoms with Crippen LogP contribution in [0.1, 0.15) is 42.5 Å². The van der Waals surface area contributed by atoms with Gasteiger partial charge in [0.15, 0.2) is 15.7 Å². The van der Waals surface area contributed by atoms with Crippen molar-refractivity contribution >= 4 is 25.8 Å². The summed E-state index contributed by atoms with van der Waals surface area (Å²) in [4.78, 5) is 4.64. The van der Waals surface area contributed by atoms with Crippen molar-refractivity contribution in [2.24, 2.45) is 0 Å². The smallest absolute Gasteiger partial charge is 0.237 e. The van der Waals surface area contributed by atoms with Gasteiger partial charge in [-0.05, 0) is 37.0 Å². The summed E-state index contributed by atoms with van der Waals surface area (Å²) < 4.78 is 35.7. The van der Waals surface area contributed by atoms with Gasteiger partial charge in [0, 0.05) is 23.6 Å². The minimum atomic E-state index is -2.98. The van der Waals surface area contributed by atoms with Crippen molar-refractivity contribution in [3.63, 3.8) is 0 Å². The molecule has 0 bridgehead atoms. The Morgan fingerprint density at radius 2 is 1.88 bits per heavy atom. The molecule has 2 aliphatic heterocycles. The van der Waals surface area contributed by atoms with Gasteiger partial charge < -0.3 is 9.26 Å². The fourth-order valence-electron chi connectivity index (χ4n) is 3.71. The zero-order chi connectivity index (χ0) is 17.5. The summed E-state index contributed by atoms with van der Waals surface area (Å²) in [6, 6.07) is 8.15. The van der Waals surface area contributed by atoms with Gasteiger partial charge >= 0.3 is 0 Å². The summed E-state index contributed by atoms with van der Waals surface area (Å²) in [5.74, 6) is 1.23. The number of nitrogens with zero attached hydrogens (tertiary/aromatic N) is 2. The van der Waals surface area contributed by atoms with Crippen molar-refractivity contribution in [1.82, 2.24) is 10.1 Å². The van der Waals surface area contributed by atoms with Crippen LogP contribution in [0, 0.1) is 0 Å². The predicted molar refractivity (Wildman–Crippen MR) is 95.3 cm³/mol. The summed E-state index contributed by atoms with van der Waals surface area (Å²) in [6.07, 6.45) is 2.09. The average molecular weight is 427 g/mol. The quantitative estimate of drug-likeness (QED) is 0.750. The summed E-state index contributed by atoms with van der Waals surface area (Å²) in [5.41, 5.74) is 0.745. The molecular weight excluding hydrogens is 408 g/mol. The number of halogens is 1. The molecule has 0 unspecified atom stereocenters. The highest BCUT2D eigenvalue weighted by atomic mass is 79.9. The summed E-state index contributed by atoms with van der Waals surface area (Å²) in [7, 11) is -2.98. The first-order chi connectivity index (χ1) is 12.0. The van der Waals surface area contributed by atoms with E-state index in [0.29, 0.717) is 31.3 Å². The minimum absolute atomic E-state index is 0.111. The lowest BCUT2D eigenvalue weighted by Crippen LogP contribution is -2.35. The topological polar surface area (TPSA) is 82.3 Å². The third kappa shape index (κ3) is 3.27. The molecular formula is C17H19BrN2O4S. The molecule has 2 saturated heterocycles. The lowest BCUT2D eigenvalue weighted by atomic mass is 9.74. The van der Waals surface area contributed by atoms with Crippen LogP contribution in [-0.4, -0.2) is 43.3 Å². The lowest BCUT2D eigenvalue weighted by Gasteiger charge is -2.34. The Hall–Kier alpha value is -1.25. The highest BCUT2D eigenvalue weighted by Crippen LogP contribution is 2.41. The molecule has 4 rings (SSSR count). The second kappa shape index (κ2) is 6.48. The van der Waals surface area contributed by atoms with Crippen molar-refractivity contribution in [3.8, 4) is 0 Å². The molecule has 134 valence electrons. The standard InChI is InChI=1S/C17H19BrN2O4S/c18-14-3-1-13(2-4-14)17(6-8-23-9-7-17)16-19-15(20-24-16)12-5-10-25(21,22)11-12/h1-4,12H,5-11H2/t12-/m0/s1. The molecule has 3 heterocycles. The number of aromatic nitrogens is 2. The van der Waals surface area contributed by atoms with Crippen LogP contribution in [0.2, 0.25) is 0 Å². The first-order valence-corrected chi connectivity index (χ1v) is 11.0. The summed E-state index contributed by atoms with van der Waals surface area (Å²) in [6.45, 7) is 1.26. The fourth-order valence-corrected chi connectivity index (χ4v) is 5.71. The normalized spacial score (nSPS) is 25.1. The van der Waals surface area contributed by atoms with Crippen molar-refractivity contribution < 1.29 is 17.7 Å². The number of ether oxygens (including phenoxy) is 1. The molecule has 0 N–H and O–H groups in total. The van der Waals surface area contributed by atoms with E-state index in [1.165, 1.54) is 0 Å². The molecule has 0 amide bonds. The van der Waals surface area contributed by atoms with Gasteiger partial charge in [-0.2, -0.15) is 4.98 Å². The van der Waals surface area contributed by atoms with E-state index >= 15 is 0 Å².